The Balaban J connectivity index is 1.37. The average Bonchev–Trinajstić information content (AvgIpc) is 3.42. The Bertz CT molecular complexity index is 910. The van der Waals surface area contributed by atoms with Gasteiger partial charge in [0.05, 0.1) is 12.1 Å². The molecule has 30 heavy (non-hydrogen) atoms. The second kappa shape index (κ2) is 8.48. The molecule has 2 aliphatic rings. The van der Waals surface area contributed by atoms with Crippen LogP contribution in [0.4, 0.5) is 4.79 Å². The third-order valence-corrected chi connectivity index (χ3v) is 6.25. The van der Waals surface area contributed by atoms with Gasteiger partial charge >= 0.3 is 6.03 Å². The van der Waals surface area contributed by atoms with E-state index in [1.165, 1.54) is 5.56 Å². The average molecular weight is 408 g/mol. The Labute approximate surface area is 177 Å². The van der Waals surface area contributed by atoms with Crippen LogP contribution in [0.5, 0.6) is 0 Å². The minimum Gasteiger partial charge on any atom is -0.391 e. The van der Waals surface area contributed by atoms with Gasteiger partial charge < -0.3 is 19.8 Å². The molecule has 3 amide bonds. The number of hydrogen-bond acceptors (Lipinski definition) is 3. The monoisotopic (exact) mass is 407 g/mol. The fourth-order valence-electron chi connectivity index (χ4n) is 4.27. The highest BCUT2D eigenvalue weighted by molar-refractivity contribution is 5.95. The molecule has 2 saturated heterocycles. The Hall–Kier alpha value is -2.86. The lowest BCUT2D eigenvalue weighted by atomic mass is 10.0. The van der Waals surface area contributed by atoms with Crippen LogP contribution in [0, 0.1) is 6.92 Å². The van der Waals surface area contributed by atoms with Gasteiger partial charge in [0, 0.05) is 38.8 Å². The van der Waals surface area contributed by atoms with E-state index in [-0.39, 0.29) is 18.0 Å². The SMILES string of the molecule is Cc1ccc(-c2ccc(C(=O)N(C)[C@H]3CCN(C(=O)N4CC[C@H](O)C4)C3)cc2)cc1. The first-order valence-corrected chi connectivity index (χ1v) is 10.6. The van der Waals surface area contributed by atoms with E-state index in [2.05, 4.69) is 31.2 Å². The first-order valence-electron chi connectivity index (χ1n) is 10.6. The number of benzene rings is 2. The number of amides is 3. The molecule has 2 aliphatic heterocycles. The molecule has 6 nitrogen and oxygen atoms in total. The summed E-state index contributed by atoms with van der Waals surface area (Å²) in [7, 11) is 1.81. The molecule has 0 spiro atoms. The van der Waals surface area contributed by atoms with Gasteiger partial charge in [0.1, 0.15) is 0 Å². The number of likely N-dealkylation sites (N-methyl/N-ethyl adjacent to an activating group) is 1. The Kier molecular flexibility index (Phi) is 5.77. The van der Waals surface area contributed by atoms with Crippen molar-refractivity contribution < 1.29 is 14.7 Å². The molecule has 0 unspecified atom stereocenters. The van der Waals surface area contributed by atoms with Crippen molar-refractivity contribution in [2.45, 2.75) is 31.9 Å². The zero-order valence-corrected chi connectivity index (χ0v) is 17.6. The number of aryl methyl sites for hydroxylation is 1. The number of nitrogens with zero attached hydrogens (tertiary/aromatic N) is 3. The quantitative estimate of drug-likeness (QED) is 0.851. The van der Waals surface area contributed by atoms with E-state index in [0.29, 0.717) is 38.2 Å². The lowest BCUT2D eigenvalue weighted by Gasteiger charge is -2.27. The third-order valence-electron chi connectivity index (χ3n) is 6.25. The van der Waals surface area contributed by atoms with Crippen LogP contribution >= 0.6 is 0 Å². The number of β-amino-alcohol motifs (C(OH)–C–C–N with tert-alkyl or cyclic N) is 1. The summed E-state index contributed by atoms with van der Waals surface area (Å²) in [6, 6.07) is 16.0. The highest BCUT2D eigenvalue weighted by Gasteiger charge is 2.35. The number of carbonyl (C=O) groups excluding carboxylic acids is 2. The lowest BCUT2D eigenvalue weighted by Crippen LogP contribution is -2.44. The topological polar surface area (TPSA) is 64.1 Å². The van der Waals surface area contributed by atoms with E-state index in [9.17, 15) is 14.7 Å². The molecule has 0 radical (unpaired) electrons. The predicted molar refractivity (Wildman–Crippen MR) is 116 cm³/mol. The molecule has 2 aromatic rings. The van der Waals surface area contributed by atoms with Gasteiger partial charge in [-0.1, -0.05) is 42.0 Å². The maximum absolute atomic E-state index is 13.0. The molecule has 0 aliphatic carbocycles. The van der Waals surface area contributed by atoms with Crippen LogP contribution in [0.3, 0.4) is 0 Å². The van der Waals surface area contributed by atoms with E-state index in [1.807, 2.05) is 31.3 Å². The molecular formula is C24H29N3O3. The summed E-state index contributed by atoms with van der Waals surface area (Å²) in [5.41, 5.74) is 4.09. The fourth-order valence-corrected chi connectivity index (χ4v) is 4.27. The van der Waals surface area contributed by atoms with Crippen molar-refractivity contribution in [3.05, 3.63) is 59.7 Å². The molecule has 0 saturated carbocycles. The second-order valence-electron chi connectivity index (χ2n) is 8.42. The number of rotatable bonds is 3. The van der Waals surface area contributed by atoms with Crippen LogP contribution in [0.15, 0.2) is 48.5 Å². The third kappa shape index (κ3) is 4.19. The van der Waals surface area contributed by atoms with Crippen molar-refractivity contribution in [3.8, 4) is 11.1 Å². The summed E-state index contributed by atoms with van der Waals surface area (Å²) in [6.45, 7) is 4.24. The number of aliphatic hydroxyl groups excluding tert-OH is 1. The van der Waals surface area contributed by atoms with Gasteiger partial charge in [0.25, 0.3) is 5.91 Å². The molecule has 2 fully saturated rings. The van der Waals surface area contributed by atoms with E-state index in [0.717, 1.165) is 17.5 Å². The molecule has 1 N–H and O–H groups in total. The van der Waals surface area contributed by atoms with Gasteiger partial charge in [-0.2, -0.15) is 0 Å². The van der Waals surface area contributed by atoms with Crippen LogP contribution < -0.4 is 0 Å². The van der Waals surface area contributed by atoms with Crippen LogP contribution in [0.25, 0.3) is 11.1 Å². The summed E-state index contributed by atoms with van der Waals surface area (Å²) >= 11 is 0. The molecule has 0 aromatic heterocycles. The number of carbonyl (C=O) groups is 2. The summed E-state index contributed by atoms with van der Waals surface area (Å²) in [5.74, 6) is -0.0265. The van der Waals surface area contributed by atoms with Gasteiger partial charge in [-0.3, -0.25) is 4.79 Å². The summed E-state index contributed by atoms with van der Waals surface area (Å²) < 4.78 is 0. The van der Waals surface area contributed by atoms with Gasteiger partial charge in [-0.05, 0) is 43.0 Å². The van der Waals surface area contributed by atoms with E-state index < -0.39 is 6.10 Å². The minimum atomic E-state index is -0.417. The van der Waals surface area contributed by atoms with Crippen molar-refractivity contribution >= 4 is 11.9 Å². The molecule has 0 bridgehead atoms. The van der Waals surface area contributed by atoms with Gasteiger partial charge in [-0.25, -0.2) is 4.79 Å². The van der Waals surface area contributed by atoms with E-state index >= 15 is 0 Å². The van der Waals surface area contributed by atoms with Gasteiger partial charge in [0.2, 0.25) is 0 Å². The Morgan fingerprint density at radius 1 is 0.900 bits per heavy atom. The van der Waals surface area contributed by atoms with Crippen LogP contribution in [-0.2, 0) is 0 Å². The maximum atomic E-state index is 13.0. The van der Waals surface area contributed by atoms with Crippen LogP contribution in [0.2, 0.25) is 0 Å². The molecule has 6 heteroatoms. The first kappa shape index (κ1) is 20.4. The molecule has 2 aromatic carbocycles. The zero-order chi connectivity index (χ0) is 21.3. The molecule has 4 rings (SSSR count). The predicted octanol–water partition coefficient (Wildman–Crippen LogP) is 2.99. The van der Waals surface area contributed by atoms with Crippen molar-refractivity contribution in [3.63, 3.8) is 0 Å². The van der Waals surface area contributed by atoms with E-state index in [4.69, 9.17) is 0 Å². The van der Waals surface area contributed by atoms with Crippen LogP contribution in [0.1, 0.15) is 28.8 Å². The smallest absolute Gasteiger partial charge is 0.320 e. The Morgan fingerprint density at radius 2 is 1.47 bits per heavy atom. The minimum absolute atomic E-state index is 0.00533. The normalized spacial score (nSPS) is 21.2. The molecule has 158 valence electrons. The summed E-state index contributed by atoms with van der Waals surface area (Å²) in [4.78, 5) is 30.9. The fraction of sp³-hybridized carbons (Fsp3) is 0.417. The highest BCUT2D eigenvalue weighted by atomic mass is 16.3. The van der Waals surface area contributed by atoms with Crippen molar-refractivity contribution in [1.29, 1.82) is 0 Å². The summed E-state index contributed by atoms with van der Waals surface area (Å²) in [5, 5.41) is 9.67. The van der Waals surface area contributed by atoms with Crippen LogP contribution in [-0.4, -0.2) is 77.1 Å². The standard InChI is InChI=1S/C24H29N3O3/c1-17-3-5-18(6-4-17)19-7-9-20(10-8-19)23(29)25(2)21-11-13-26(15-21)24(30)27-14-12-22(28)16-27/h3-10,21-22,28H,11-16H2,1-2H3/t21-,22-/m0/s1. The van der Waals surface area contributed by atoms with E-state index in [1.54, 1.807) is 14.7 Å². The highest BCUT2D eigenvalue weighted by Crippen LogP contribution is 2.23. The number of likely N-dealkylation sites (tertiary alicyclic amines) is 2. The zero-order valence-electron chi connectivity index (χ0n) is 17.6. The number of urea groups is 1. The van der Waals surface area contributed by atoms with Crippen molar-refractivity contribution in [2.24, 2.45) is 0 Å². The summed E-state index contributed by atoms with van der Waals surface area (Å²) in [6.07, 6.45) is 0.991. The largest absolute Gasteiger partial charge is 0.391 e. The maximum Gasteiger partial charge on any atom is 0.320 e. The first-order chi connectivity index (χ1) is 14.4. The van der Waals surface area contributed by atoms with Gasteiger partial charge in [-0.15, -0.1) is 0 Å². The molecular weight excluding hydrogens is 378 g/mol. The Morgan fingerprint density at radius 3 is 2.07 bits per heavy atom. The van der Waals surface area contributed by atoms with Gasteiger partial charge in [0.15, 0.2) is 0 Å². The number of aliphatic hydroxyl groups is 1. The molecule has 2 heterocycles. The number of hydrogen-bond donors (Lipinski definition) is 1. The second-order valence-corrected chi connectivity index (χ2v) is 8.42. The van der Waals surface area contributed by atoms with Crippen molar-refractivity contribution in [2.75, 3.05) is 33.2 Å². The van der Waals surface area contributed by atoms with Crippen molar-refractivity contribution in [1.82, 2.24) is 14.7 Å². The molecule has 2 atom stereocenters. The lowest BCUT2D eigenvalue weighted by molar-refractivity contribution is 0.0735.